The van der Waals surface area contributed by atoms with Crippen molar-refractivity contribution in [1.82, 2.24) is 20.6 Å². The zero-order chi connectivity index (χ0) is 11.4. The maximum atomic E-state index is 8.61. The van der Waals surface area contributed by atoms with Crippen LogP contribution in [0.2, 0.25) is 0 Å². The molecule has 15 heavy (non-hydrogen) atoms. The Hall–Kier alpha value is -1.22. The van der Waals surface area contributed by atoms with Crippen LogP contribution in [0.3, 0.4) is 0 Å². The quantitative estimate of drug-likeness (QED) is 0.392. The van der Waals surface area contributed by atoms with Crippen LogP contribution in [0.4, 0.5) is 5.13 Å². The van der Waals surface area contributed by atoms with Gasteiger partial charge in [-0.3, -0.25) is 10.4 Å². The molecule has 0 aliphatic rings. The first-order valence-electron chi connectivity index (χ1n) is 4.11. The molecule has 0 bridgehead atoms. The molecule has 0 saturated heterocycles. The van der Waals surface area contributed by atoms with E-state index in [2.05, 4.69) is 15.4 Å². The number of guanidine groups is 1. The van der Waals surface area contributed by atoms with Gasteiger partial charge in [0.25, 0.3) is 0 Å². The molecule has 0 unspecified atom stereocenters. The zero-order valence-electron chi connectivity index (χ0n) is 8.67. The van der Waals surface area contributed by atoms with E-state index >= 15 is 0 Å². The van der Waals surface area contributed by atoms with Crippen molar-refractivity contribution < 1.29 is 10.4 Å². The second-order valence-electron chi connectivity index (χ2n) is 3.00. The number of nitrogens with zero attached hydrogens (tertiary/aromatic N) is 4. The Labute approximate surface area is 91.2 Å². The van der Waals surface area contributed by atoms with E-state index in [9.17, 15) is 0 Å². The predicted molar refractivity (Wildman–Crippen MR) is 56.2 cm³/mol. The van der Waals surface area contributed by atoms with Crippen LogP contribution in [0.1, 0.15) is 5.69 Å². The first-order chi connectivity index (χ1) is 6.99. The third-order valence-electron chi connectivity index (χ3n) is 1.43. The van der Waals surface area contributed by atoms with Gasteiger partial charge in [-0.1, -0.05) is 0 Å². The Bertz CT molecular complexity index is 349. The largest absolute Gasteiger partial charge is 0.348 e. The lowest BCUT2D eigenvalue weighted by molar-refractivity contribution is -0.330. The zero-order valence-corrected chi connectivity index (χ0v) is 9.49. The topological polar surface area (TPSA) is 84.2 Å². The second-order valence-corrected chi connectivity index (χ2v) is 3.84. The van der Waals surface area contributed by atoms with Crippen LogP contribution in [0.15, 0.2) is 10.4 Å². The number of nitrogens with one attached hydrogen (secondary N) is 1. The third-order valence-corrected chi connectivity index (χ3v) is 2.28. The molecular formula is C7H13N5O2S. The molecule has 0 amide bonds. The average molecular weight is 231 g/mol. The Kier molecular flexibility index (Phi) is 3.97. The molecular weight excluding hydrogens is 218 g/mol. The summed E-state index contributed by atoms with van der Waals surface area (Å²) in [6, 6.07) is 0. The number of aliphatic imine (C=N–C) groups is 1. The molecule has 0 radical (unpaired) electrons. The standard InChI is InChI=1S/C7H13N5O2S/c1-5-4-15-7(8-5)9-6(11(2)3)10-12(13)14/h4,13-14H,1-3H3,(H,8,9,10). The lowest BCUT2D eigenvalue weighted by Gasteiger charge is -2.17. The first-order valence-corrected chi connectivity index (χ1v) is 4.99. The van der Waals surface area contributed by atoms with Crippen molar-refractivity contribution in [2.75, 3.05) is 14.1 Å². The SMILES string of the molecule is Cc1csc(N=C(NN(O)O)N(C)C)n1. The highest BCUT2D eigenvalue weighted by atomic mass is 32.1. The van der Waals surface area contributed by atoms with Gasteiger partial charge in [0.2, 0.25) is 11.1 Å². The van der Waals surface area contributed by atoms with E-state index in [0.29, 0.717) is 5.13 Å². The summed E-state index contributed by atoms with van der Waals surface area (Å²) >= 11 is 1.38. The molecule has 0 aliphatic heterocycles. The molecule has 1 aromatic rings. The predicted octanol–water partition coefficient (Wildman–Crippen LogP) is 0.586. The normalized spacial score (nSPS) is 12.0. The highest BCUT2D eigenvalue weighted by Gasteiger charge is 2.06. The van der Waals surface area contributed by atoms with Gasteiger partial charge < -0.3 is 4.90 Å². The molecule has 1 rings (SSSR count). The van der Waals surface area contributed by atoms with Gasteiger partial charge in [-0.25, -0.2) is 10.4 Å². The molecule has 7 nitrogen and oxygen atoms in total. The minimum absolute atomic E-state index is 0.153. The van der Waals surface area contributed by atoms with Crippen LogP contribution in [-0.2, 0) is 0 Å². The Balaban J connectivity index is 2.83. The molecule has 1 aromatic heterocycles. The summed E-state index contributed by atoms with van der Waals surface area (Å²) in [5.41, 5.74) is 3.10. The second kappa shape index (κ2) is 5.03. The molecule has 84 valence electrons. The summed E-state index contributed by atoms with van der Waals surface area (Å²) in [7, 11) is 3.44. The lowest BCUT2D eigenvalue weighted by Crippen LogP contribution is -2.44. The molecule has 8 heteroatoms. The molecule has 0 saturated carbocycles. The summed E-state index contributed by atoms with van der Waals surface area (Å²) in [6.45, 7) is 1.86. The van der Waals surface area contributed by atoms with Gasteiger partial charge in [0, 0.05) is 24.8 Å². The highest BCUT2D eigenvalue weighted by molar-refractivity contribution is 7.13. The van der Waals surface area contributed by atoms with Crippen LogP contribution in [0.25, 0.3) is 0 Å². The molecule has 0 fully saturated rings. The average Bonchev–Trinajstić information content (AvgIpc) is 2.49. The van der Waals surface area contributed by atoms with Crippen molar-refractivity contribution in [2.45, 2.75) is 6.92 Å². The number of aryl methyl sites for hydroxylation is 1. The number of thiazole rings is 1. The fourth-order valence-electron chi connectivity index (χ4n) is 0.798. The smallest absolute Gasteiger partial charge is 0.219 e. The summed E-state index contributed by atoms with van der Waals surface area (Å²) in [6.07, 6.45) is 0. The molecule has 0 atom stereocenters. The van der Waals surface area contributed by atoms with Gasteiger partial charge in [-0.15, -0.1) is 11.3 Å². The van der Waals surface area contributed by atoms with Crippen molar-refractivity contribution >= 4 is 22.4 Å². The molecule has 0 spiro atoms. The van der Waals surface area contributed by atoms with Crippen LogP contribution in [-0.4, -0.2) is 45.7 Å². The summed E-state index contributed by atoms with van der Waals surface area (Å²) in [5, 5.41) is 19.5. The van der Waals surface area contributed by atoms with Crippen molar-refractivity contribution in [2.24, 2.45) is 4.99 Å². The van der Waals surface area contributed by atoms with Gasteiger partial charge in [-0.2, -0.15) is 4.99 Å². The van der Waals surface area contributed by atoms with Gasteiger partial charge in [-0.05, 0) is 6.92 Å². The number of rotatable bonds is 2. The van der Waals surface area contributed by atoms with Crippen molar-refractivity contribution in [3.63, 3.8) is 0 Å². The Morgan fingerprint density at radius 2 is 2.20 bits per heavy atom. The maximum absolute atomic E-state index is 8.61. The van der Waals surface area contributed by atoms with E-state index in [0.717, 1.165) is 5.69 Å². The minimum Gasteiger partial charge on any atom is -0.348 e. The fraction of sp³-hybridized carbons (Fsp3) is 0.429. The monoisotopic (exact) mass is 231 g/mol. The van der Waals surface area contributed by atoms with Crippen LogP contribution in [0, 0.1) is 6.92 Å². The molecule has 3 N–H and O–H groups in total. The molecule has 0 aliphatic carbocycles. The van der Waals surface area contributed by atoms with Gasteiger partial charge >= 0.3 is 0 Å². The fourth-order valence-corrected chi connectivity index (χ4v) is 1.46. The van der Waals surface area contributed by atoms with E-state index < -0.39 is 0 Å². The first kappa shape index (κ1) is 11.9. The van der Waals surface area contributed by atoms with Gasteiger partial charge in [0.15, 0.2) is 0 Å². The highest BCUT2D eigenvalue weighted by Crippen LogP contribution is 2.18. The Morgan fingerprint density at radius 3 is 2.60 bits per heavy atom. The van der Waals surface area contributed by atoms with Crippen LogP contribution in [0.5, 0.6) is 0 Å². The maximum Gasteiger partial charge on any atom is 0.219 e. The number of hydrogen-bond donors (Lipinski definition) is 3. The lowest BCUT2D eigenvalue weighted by atomic mass is 10.6. The molecule has 1 heterocycles. The van der Waals surface area contributed by atoms with Gasteiger partial charge in [0.1, 0.15) is 0 Å². The van der Waals surface area contributed by atoms with Crippen LogP contribution >= 0.6 is 11.3 Å². The van der Waals surface area contributed by atoms with Crippen LogP contribution < -0.4 is 5.43 Å². The van der Waals surface area contributed by atoms with Gasteiger partial charge in [0.05, 0.1) is 5.69 Å². The van der Waals surface area contributed by atoms with Crippen molar-refractivity contribution in [1.29, 1.82) is 0 Å². The minimum atomic E-state index is -0.153. The van der Waals surface area contributed by atoms with E-state index in [1.807, 2.05) is 12.3 Å². The summed E-state index contributed by atoms with van der Waals surface area (Å²) in [4.78, 5) is 9.81. The van der Waals surface area contributed by atoms with E-state index in [4.69, 9.17) is 10.4 Å². The number of aromatic nitrogens is 1. The summed E-state index contributed by atoms with van der Waals surface area (Å²) < 4.78 is 0. The van der Waals surface area contributed by atoms with E-state index in [1.54, 1.807) is 19.0 Å². The molecule has 0 aromatic carbocycles. The van der Waals surface area contributed by atoms with E-state index in [-0.39, 0.29) is 11.3 Å². The number of hydrazine groups is 1. The number of hydrogen-bond acceptors (Lipinski definition) is 6. The van der Waals surface area contributed by atoms with Crippen molar-refractivity contribution in [3.8, 4) is 0 Å². The van der Waals surface area contributed by atoms with E-state index in [1.165, 1.54) is 11.3 Å². The Morgan fingerprint density at radius 1 is 1.53 bits per heavy atom. The third kappa shape index (κ3) is 3.80. The van der Waals surface area contributed by atoms with Crippen molar-refractivity contribution in [3.05, 3.63) is 11.1 Å². The summed E-state index contributed by atoms with van der Waals surface area (Å²) in [5.74, 6) is 0.273.